The topological polar surface area (TPSA) is 67.4 Å². The quantitative estimate of drug-likeness (QED) is 0.825. The normalized spacial score (nSPS) is 29.3. The molecule has 2 aliphatic rings. The minimum atomic E-state index is -0.691. The maximum absolute atomic E-state index is 11.8. The van der Waals surface area contributed by atoms with Gasteiger partial charge in [0.25, 0.3) is 5.91 Å². The van der Waals surface area contributed by atoms with Gasteiger partial charge in [-0.15, -0.1) is 0 Å². The molecule has 0 bridgehead atoms. The first-order valence-corrected chi connectivity index (χ1v) is 6.97. The Morgan fingerprint density at radius 3 is 2.45 bits per heavy atom. The lowest BCUT2D eigenvalue weighted by Gasteiger charge is -2.34. The van der Waals surface area contributed by atoms with Crippen LogP contribution in [0.2, 0.25) is 0 Å². The minimum absolute atomic E-state index is 0.158. The first-order valence-electron chi connectivity index (χ1n) is 6.97. The highest BCUT2D eigenvalue weighted by atomic mass is 16.5. The Bertz CT molecular complexity index is 507. The maximum atomic E-state index is 11.8. The second-order valence-corrected chi connectivity index (χ2v) is 5.49. The Kier molecular flexibility index (Phi) is 3.44. The molecule has 3 rings (SSSR count). The number of rotatable bonds is 3. The van der Waals surface area contributed by atoms with Gasteiger partial charge in [-0.2, -0.15) is 0 Å². The van der Waals surface area contributed by atoms with Crippen LogP contribution in [0.3, 0.4) is 0 Å². The van der Waals surface area contributed by atoms with E-state index < -0.39 is 5.54 Å². The molecule has 20 heavy (non-hydrogen) atoms. The van der Waals surface area contributed by atoms with Gasteiger partial charge in [0.2, 0.25) is 0 Å². The Hall–Kier alpha value is -1.88. The highest BCUT2D eigenvalue weighted by Crippen LogP contribution is 2.32. The Labute approximate surface area is 117 Å². The largest absolute Gasteiger partial charge is 0.374 e. The Balaban J connectivity index is 1.52. The molecule has 1 spiro atoms. The summed E-state index contributed by atoms with van der Waals surface area (Å²) >= 11 is 0. The Morgan fingerprint density at radius 1 is 1.15 bits per heavy atom. The standard InChI is InChI=1S/C15H18N2O3/c18-13-15(17-14(19)16-13)8-6-12(7-9-15)20-10-11-4-2-1-3-5-11/h1-5,12H,6-10H2,(H2,16,17,18,19). The van der Waals surface area contributed by atoms with E-state index in [0.29, 0.717) is 19.4 Å². The van der Waals surface area contributed by atoms with E-state index in [1.165, 1.54) is 0 Å². The number of hydrogen-bond acceptors (Lipinski definition) is 3. The van der Waals surface area contributed by atoms with Crippen LogP contribution in [0.15, 0.2) is 30.3 Å². The zero-order valence-electron chi connectivity index (χ0n) is 11.2. The molecule has 106 valence electrons. The van der Waals surface area contributed by atoms with E-state index in [1.54, 1.807) is 0 Å². The van der Waals surface area contributed by atoms with Crippen molar-refractivity contribution in [3.05, 3.63) is 35.9 Å². The number of ether oxygens (including phenoxy) is 1. The maximum Gasteiger partial charge on any atom is 0.322 e. The number of imide groups is 1. The summed E-state index contributed by atoms with van der Waals surface area (Å²) in [7, 11) is 0. The molecule has 0 radical (unpaired) electrons. The number of urea groups is 1. The lowest BCUT2D eigenvalue weighted by atomic mass is 9.80. The number of benzene rings is 1. The summed E-state index contributed by atoms with van der Waals surface area (Å²) in [5, 5.41) is 5.08. The monoisotopic (exact) mass is 274 g/mol. The summed E-state index contributed by atoms with van der Waals surface area (Å²) in [4.78, 5) is 23.1. The van der Waals surface area contributed by atoms with Gasteiger partial charge in [0.15, 0.2) is 0 Å². The lowest BCUT2D eigenvalue weighted by Crippen LogP contribution is -2.50. The molecule has 0 unspecified atom stereocenters. The van der Waals surface area contributed by atoms with Gasteiger partial charge in [-0.3, -0.25) is 10.1 Å². The number of hydrogen-bond donors (Lipinski definition) is 2. The molecule has 2 N–H and O–H groups in total. The molecule has 1 aliphatic carbocycles. The van der Waals surface area contributed by atoms with Crippen molar-refractivity contribution < 1.29 is 14.3 Å². The lowest BCUT2D eigenvalue weighted by molar-refractivity contribution is -0.126. The fourth-order valence-electron chi connectivity index (χ4n) is 2.92. The van der Waals surface area contributed by atoms with Crippen molar-refractivity contribution in [3.63, 3.8) is 0 Å². The van der Waals surface area contributed by atoms with Crippen LogP contribution in [-0.4, -0.2) is 23.6 Å². The summed E-state index contributed by atoms with van der Waals surface area (Å²) in [5.41, 5.74) is 0.462. The molecule has 1 aliphatic heterocycles. The molecule has 1 heterocycles. The highest BCUT2D eigenvalue weighted by molar-refractivity contribution is 6.07. The van der Waals surface area contributed by atoms with E-state index in [1.807, 2.05) is 30.3 Å². The zero-order chi connectivity index (χ0) is 14.0. The fourth-order valence-corrected chi connectivity index (χ4v) is 2.92. The van der Waals surface area contributed by atoms with Gasteiger partial charge >= 0.3 is 6.03 Å². The summed E-state index contributed by atoms with van der Waals surface area (Å²) in [6.45, 7) is 0.594. The average Bonchev–Trinajstić information content (AvgIpc) is 2.74. The highest BCUT2D eigenvalue weighted by Gasteiger charge is 2.48. The minimum Gasteiger partial charge on any atom is -0.374 e. The van der Waals surface area contributed by atoms with Gasteiger partial charge in [0, 0.05) is 0 Å². The molecule has 1 saturated carbocycles. The van der Waals surface area contributed by atoms with Crippen molar-refractivity contribution in [2.45, 2.75) is 43.9 Å². The second-order valence-electron chi connectivity index (χ2n) is 5.49. The van der Waals surface area contributed by atoms with Crippen LogP contribution in [0.5, 0.6) is 0 Å². The van der Waals surface area contributed by atoms with Gasteiger partial charge < -0.3 is 10.1 Å². The SMILES string of the molecule is O=C1NC(=O)C2(CCC(OCc3ccccc3)CC2)N1. The first kappa shape index (κ1) is 13.1. The first-order chi connectivity index (χ1) is 9.68. The van der Waals surface area contributed by atoms with Crippen LogP contribution in [0.25, 0.3) is 0 Å². The van der Waals surface area contributed by atoms with Crippen LogP contribution in [0.1, 0.15) is 31.2 Å². The molecular formula is C15H18N2O3. The van der Waals surface area contributed by atoms with Crippen LogP contribution in [0, 0.1) is 0 Å². The summed E-state index contributed by atoms with van der Waals surface area (Å²) in [5.74, 6) is -0.191. The number of carbonyl (C=O) groups excluding carboxylic acids is 2. The predicted molar refractivity (Wildman–Crippen MR) is 72.9 cm³/mol. The van der Waals surface area contributed by atoms with Crippen LogP contribution in [-0.2, 0) is 16.1 Å². The Morgan fingerprint density at radius 2 is 1.85 bits per heavy atom. The molecular weight excluding hydrogens is 256 g/mol. The third kappa shape index (κ3) is 2.54. The van der Waals surface area contributed by atoms with Gasteiger partial charge in [-0.05, 0) is 31.2 Å². The second kappa shape index (κ2) is 5.25. The van der Waals surface area contributed by atoms with E-state index in [0.717, 1.165) is 18.4 Å². The zero-order valence-corrected chi connectivity index (χ0v) is 11.2. The summed E-state index contributed by atoms with van der Waals surface area (Å²) in [6, 6.07) is 9.66. The van der Waals surface area contributed by atoms with Gasteiger partial charge in [0.05, 0.1) is 12.7 Å². The molecule has 1 aromatic carbocycles. The van der Waals surface area contributed by atoms with E-state index in [9.17, 15) is 9.59 Å². The van der Waals surface area contributed by atoms with E-state index in [4.69, 9.17) is 4.74 Å². The van der Waals surface area contributed by atoms with Crippen molar-refractivity contribution in [1.29, 1.82) is 0 Å². The van der Waals surface area contributed by atoms with Crippen LogP contribution < -0.4 is 10.6 Å². The molecule has 5 nitrogen and oxygen atoms in total. The van der Waals surface area contributed by atoms with Crippen LogP contribution >= 0.6 is 0 Å². The summed E-state index contributed by atoms with van der Waals surface area (Å²) in [6.07, 6.45) is 3.03. The van der Waals surface area contributed by atoms with E-state index in [2.05, 4.69) is 10.6 Å². The van der Waals surface area contributed by atoms with Crippen molar-refractivity contribution in [1.82, 2.24) is 10.6 Å². The summed E-state index contributed by atoms with van der Waals surface area (Å²) < 4.78 is 5.89. The molecule has 1 aromatic rings. The number of nitrogens with one attached hydrogen (secondary N) is 2. The molecule has 3 amide bonds. The van der Waals surface area contributed by atoms with Crippen molar-refractivity contribution >= 4 is 11.9 Å². The molecule has 0 atom stereocenters. The number of carbonyl (C=O) groups is 2. The van der Waals surface area contributed by atoms with Crippen molar-refractivity contribution in [2.75, 3.05) is 0 Å². The third-order valence-corrected chi connectivity index (χ3v) is 4.13. The number of amides is 3. The van der Waals surface area contributed by atoms with E-state index in [-0.39, 0.29) is 18.0 Å². The van der Waals surface area contributed by atoms with Gasteiger partial charge in [-0.1, -0.05) is 30.3 Å². The molecule has 5 heteroatoms. The smallest absolute Gasteiger partial charge is 0.322 e. The van der Waals surface area contributed by atoms with E-state index >= 15 is 0 Å². The predicted octanol–water partition coefficient (Wildman–Crippen LogP) is 1.72. The molecule has 0 aromatic heterocycles. The van der Waals surface area contributed by atoms with Gasteiger partial charge in [-0.25, -0.2) is 4.79 Å². The fraction of sp³-hybridized carbons (Fsp3) is 0.467. The molecule has 2 fully saturated rings. The average molecular weight is 274 g/mol. The van der Waals surface area contributed by atoms with Gasteiger partial charge in [0.1, 0.15) is 5.54 Å². The van der Waals surface area contributed by atoms with Crippen molar-refractivity contribution in [3.8, 4) is 0 Å². The third-order valence-electron chi connectivity index (χ3n) is 4.13. The van der Waals surface area contributed by atoms with Crippen LogP contribution in [0.4, 0.5) is 4.79 Å². The molecule has 1 saturated heterocycles. The van der Waals surface area contributed by atoms with Crippen molar-refractivity contribution in [2.24, 2.45) is 0 Å².